The molecule has 100 valence electrons. The zero-order chi connectivity index (χ0) is 13.3. The fourth-order valence-corrected chi connectivity index (χ4v) is 2.37. The number of halogens is 1. The van der Waals surface area contributed by atoms with E-state index in [0.717, 1.165) is 12.2 Å². The lowest BCUT2D eigenvalue weighted by Crippen LogP contribution is -2.31. The van der Waals surface area contributed by atoms with Gasteiger partial charge in [-0.15, -0.1) is 0 Å². The van der Waals surface area contributed by atoms with Gasteiger partial charge in [-0.1, -0.05) is 0 Å². The van der Waals surface area contributed by atoms with Gasteiger partial charge in [0.05, 0.1) is 18.1 Å². The smallest absolute Gasteiger partial charge is 0.141 e. The number of aliphatic hydroxyl groups is 1. The molecular weight excluding hydrogens is 249 g/mol. The van der Waals surface area contributed by atoms with Crippen molar-refractivity contribution in [2.75, 3.05) is 13.1 Å². The summed E-state index contributed by atoms with van der Waals surface area (Å²) in [5, 5.41) is 20.7. The number of rotatable bonds is 3. The van der Waals surface area contributed by atoms with Crippen molar-refractivity contribution in [1.82, 2.24) is 25.3 Å². The van der Waals surface area contributed by atoms with Crippen molar-refractivity contribution in [2.24, 2.45) is 0 Å². The minimum absolute atomic E-state index is 0.343. The van der Waals surface area contributed by atoms with Gasteiger partial charge in [0.25, 0.3) is 0 Å². The van der Waals surface area contributed by atoms with Gasteiger partial charge < -0.3 is 5.11 Å². The Balaban J connectivity index is 1.68. The van der Waals surface area contributed by atoms with E-state index in [-0.39, 0.29) is 5.82 Å². The van der Waals surface area contributed by atoms with Crippen LogP contribution in [0.25, 0.3) is 0 Å². The molecule has 1 fully saturated rings. The molecule has 2 aromatic heterocycles. The van der Waals surface area contributed by atoms with Gasteiger partial charge in [0, 0.05) is 19.6 Å². The summed E-state index contributed by atoms with van der Waals surface area (Å²) in [7, 11) is 0. The van der Waals surface area contributed by atoms with Crippen molar-refractivity contribution in [2.45, 2.75) is 18.6 Å². The van der Waals surface area contributed by atoms with E-state index in [1.165, 1.54) is 12.3 Å². The van der Waals surface area contributed by atoms with Crippen molar-refractivity contribution < 1.29 is 9.50 Å². The second-order valence-electron chi connectivity index (χ2n) is 4.82. The minimum Gasteiger partial charge on any atom is -0.382 e. The van der Waals surface area contributed by atoms with Crippen LogP contribution in [0.4, 0.5) is 4.39 Å². The Morgan fingerprint density at radius 1 is 1.42 bits per heavy atom. The molecule has 3 heterocycles. The van der Waals surface area contributed by atoms with E-state index >= 15 is 0 Å². The number of nitrogens with one attached hydrogen (secondary N) is 1. The average Bonchev–Trinajstić information content (AvgIpc) is 3.03. The SMILES string of the molecule is OC1(c2cn[nH]n2)CCN(Cc2ccc(F)cn2)C1. The molecule has 1 aliphatic heterocycles. The minimum atomic E-state index is -0.965. The number of pyridine rings is 1. The lowest BCUT2D eigenvalue weighted by molar-refractivity contribution is 0.0407. The van der Waals surface area contributed by atoms with Gasteiger partial charge in [-0.05, 0) is 18.6 Å². The third kappa shape index (κ3) is 2.47. The average molecular weight is 263 g/mol. The number of hydrogen-bond acceptors (Lipinski definition) is 5. The zero-order valence-corrected chi connectivity index (χ0v) is 10.3. The first-order valence-electron chi connectivity index (χ1n) is 6.07. The maximum Gasteiger partial charge on any atom is 0.141 e. The molecule has 0 aliphatic carbocycles. The number of H-pyrrole nitrogens is 1. The summed E-state index contributed by atoms with van der Waals surface area (Å²) < 4.78 is 12.8. The predicted octanol–water partition coefficient (Wildman–Crippen LogP) is 0.432. The summed E-state index contributed by atoms with van der Waals surface area (Å²) in [4.78, 5) is 6.08. The van der Waals surface area contributed by atoms with E-state index in [1.54, 1.807) is 12.3 Å². The molecule has 1 saturated heterocycles. The highest BCUT2D eigenvalue weighted by Gasteiger charge is 2.39. The van der Waals surface area contributed by atoms with Gasteiger partial charge in [0.1, 0.15) is 17.1 Å². The molecule has 0 bridgehead atoms. The van der Waals surface area contributed by atoms with Crippen LogP contribution in [0.1, 0.15) is 17.8 Å². The van der Waals surface area contributed by atoms with Gasteiger partial charge in [-0.3, -0.25) is 9.88 Å². The summed E-state index contributed by atoms with van der Waals surface area (Å²) in [6, 6.07) is 3.05. The van der Waals surface area contributed by atoms with Crippen LogP contribution < -0.4 is 0 Å². The highest BCUT2D eigenvalue weighted by molar-refractivity contribution is 5.12. The molecule has 0 radical (unpaired) electrons. The Bertz CT molecular complexity index is 544. The maximum atomic E-state index is 12.8. The topological polar surface area (TPSA) is 77.9 Å². The number of nitrogens with zero attached hydrogens (tertiary/aromatic N) is 4. The standard InChI is InChI=1S/C12H14FN5O/c13-9-1-2-10(14-5-9)7-18-4-3-12(19,8-18)11-6-15-17-16-11/h1-2,5-6,19H,3-4,7-8H2,(H,15,16,17). The molecule has 0 spiro atoms. The Kier molecular flexibility index (Phi) is 3.00. The lowest BCUT2D eigenvalue weighted by atomic mass is 10.0. The second-order valence-corrected chi connectivity index (χ2v) is 4.82. The van der Waals surface area contributed by atoms with E-state index in [1.807, 2.05) is 0 Å². The van der Waals surface area contributed by atoms with Crippen molar-refractivity contribution in [3.8, 4) is 0 Å². The van der Waals surface area contributed by atoms with Gasteiger partial charge >= 0.3 is 0 Å². The van der Waals surface area contributed by atoms with Gasteiger partial charge in [0.2, 0.25) is 0 Å². The molecule has 19 heavy (non-hydrogen) atoms. The summed E-state index contributed by atoms with van der Waals surface area (Å²) in [6.07, 6.45) is 3.34. The summed E-state index contributed by atoms with van der Waals surface area (Å²) in [5.74, 6) is -0.343. The normalized spacial score (nSPS) is 23.9. The Hall–Kier alpha value is -1.86. The zero-order valence-electron chi connectivity index (χ0n) is 10.3. The molecule has 0 aromatic carbocycles. The highest BCUT2D eigenvalue weighted by atomic mass is 19.1. The van der Waals surface area contributed by atoms with Crippen molar-refractivity contribution in [1.29, 1.82) is 0 Å². The Labute approximate surface area is 109 Å². The van der Waals surface area contributed by atoms with E-state index in [4.69, 9.17) is 0 Å². The van der Waals surface area contributed by atoms with Gasteiger partial charge in [-0.25, -0.2) is 4.39 Å². The number of aromatic amines is 1. The molecule has 2 N–H and O–H groups in total. The van der Waals surface area contributed by atoms with Crippen LogP contribution in [0, 0.1) is 5.82 Å². The summed E-state index contributed by atoms with van der Waals surface area (Å²) in [6.45, 7) is 1.79. The van der Waals surface area contributed by atoms with Crippen LogP contribution in [-0.2, 0) is 12.1 Å². The van der Waals surface area contributed by atoms with Crippen molar-refractivity contribution in [3.63, 3.8) is 0 Å². The van der Waals surface area contributed by atoms with Crippen LogP contribution >= 0.6 is 0 Å². The highest BCUT2D eigenvalue weighted by Crippen LogP contribution is 2.30. The van der Waals surface area contributed by atoms with Crippen LogP contribution in [0.3, 0.4) is 0 Å². The predicted molar refractivity (Wildman–Crippen MR) is 64.4 cm³/mol. The number of aromatic nitrogens is 4. The van der Waals surface area contributed by atoms with Crippen LogP contribution in [0.15, 0.2) is 24.5 Å². The first kappa shape index (κ1) is 12.2. The van der Waals surface area contributed by atoms with Gasteiger partial charge in [-0.2, -0.15) is 15.4 Å². The summed E-state index contributed by atoms with van der Waals surface area (Å²) in [5.41, 5.74) is 0.375. The molecule has 1 aliphatic rings. The quantitative estimate of drug-likeness (QED) is 0.839. The molecular formula is C12H14FN5O. The monoisotopic (exact) mass is 263 g/mol. The first-order chi connectivity index (χ1) is 9.16. The summed E-state index contributed by atoms with van der Waals surface area (Å²) >= 11 is 0. The number of β-amino-alcohol motifs (C(OH)–C–C–N with tert-alkyl or cyclic N) is 1. The molecule has 0 saturated carbocycles. The van der Waals surface area contributed by atoms with Gasteiger partial charge in [0.15, 0.2) is 0 Å². The largest absolute Gasteiger partial charge is 0.382 e. The Morgan fingerprint density at radius 2 is 2.32 bits per heavy atom. The van der Waals surface area contributed by atoms with Crippen molar-refractivity contribution >= 4 is 0 Å². The first-order valence-corrected chi connectivity index (χ1v) is 6.07. The van der Waals surface area contributed by atoms with Crippen LogP contribution in [0.2, 0.25) is 0 Å². The second kappa shape index (κ2) is 4.67. The molecule has 1 atom stereocenters. The van der Waals surface area contributed by atoms with E-state index in [0.29, 0.717) is 25.2 Å². The lowest BCUT2D eigenvalue weighted by Gasteiger charge is -2.20. The van der Waals surface area contributed by atoms with E-state index < -0.39 is 5.60 Å². The molecule has 7 heteroatoms. The molecule has 0 amide bonds. The fourth-order valence-electron chi connectivity index (χ4n) is 2.37. The molecule has 1 unspecified atom stereocenters. The molecule has 6 nitrogen and oxygen atoms in total. The molecule has 3 rings (SSSR count). The third-order valence-electron chi connectivity index (χ3n) is 3.39. The fraction of sp³-hybridized carbons (Fsp3) is 0.417. The maximum absolute atomic E-state index is 12.8. The van der Waals surface area contributed by atoms with Crippen LogP contribution in [-0.4, -0.2) is 43.5 Å². The number of hydrogen-bond donors (Lipinski definition) is 2. The molecule has 2 aromatic rings. The van der Waals surface area contributed by atoms with E-state index in [2.05, 4.69) is 25.3 Å². The Morgan fingerprint density at radius 3 is 3.00 bits per heavy atom. The van der Waals surface area contributed by atoms with E-state index in [9.17, 15) is 9.50 Å². The number of likely N-dealkylation sites (tertiary alicyclic amines) is 1. The van der Waals surface area contributed by atoms with Crippen LogP contribution in [0.5, 0.6) is 0 Å². The van der Waals surface area contributed by atoms with Crippen molar-refractivity contribution in [3.05, 3.63) is 41.7 Å². The third-order valence-corrected chi connectivity index (χ3v) is 3.39.